The number of carbonyl (C=O) groups is 1. The summed E-state index contributed by atoms with van der Waals surface area (Å²) in [6.45, 7) is 1.47. The van der Waals surface area contributed by atoms with Crippen molar-refractivity contribution in [1.82, 2.24) is 0 Å². The number of hydrogen-bond acceptors (Lipinski definition) is 3. The van der Waals surface area contributed by atoms with E-state index in [0.29, 0.717) is 17.3 Å². The van der Waals surface area contributed by atoms with Gasteiger partial charge in [0.15, 0.2) is 0 Å². The minimum atomic E-state index is -0.942. The molecule has 0 aromatic heterocycles. The van der Waals surface area contributed by atoms with Crippen LogP contribution in [0.2, 0.25) is 5.02 Å². The summed E-state index contributed by atoms with van der Waals surface area (Å²) in [7, 11) is 1.87. The molecule has 0 amide bonds. The molecule has 1 aliphatic heterocycles. The number of nitrogens with zero attached hydrogens (tertiary/aromatic N) is 1. The van der Waals surface area contributed by atoms with Crippen LogP contribution in [0.3, 0.4) is 0 Å². The number of likely N-dealkylation sites (N-methyl/N-ethyl adjacent to an activating group) is 1. The number of carboxylic acid groups (broad SMARTS) is 1. The molecular formula is C14H18ClNO3. The lowest BCUT2D eigenvalue weighted by Crippen LogP contribution is -2.34. The third kappa shape index (κ3) is 3.61. The van der Waals surface area contributed by atoms with Crippen LogP contribution in [0.5, 0.6) is 0 Å². The first-order chi connectivity index (χ1) is 9.08. The van der Waals surface area contributed by atoms with Crippen molar-refractivity contribution in [2.75, 3.05) is 25.1 Å². The predicted molar refractivity (Wildman–Crippen MR) is 75.3 cm³/mol. The number of halogens is 1. The summed E-state index contributed by atoms with van der Waals surface area (Å²) < 4.78 is 5.68. The Kier molecular flexibility index (Phi) is 4.66. The van der Waals surface area contributed by atoms with Gasteiger partial charge in [-0.2, -0.15) is 0 Å². The van der Waals surface area contributed by atoms with Gasteiger partial charge in [0.25, 0.3) is 0 Å². The third-order valence-corrected chi connectivity index (χ3v) is 3.59. The van der Waals surface area contributed by atoms with Crippen molar-refractivity contribution in [3.8, 4) is 0 Å². The maximum absolute atomic E-state index is 11.2. The fourth-order valence-corrected chi connectivity index (χ4v) is 2.52. The average molecular weight is 284 g/mol. The Morgan fingerprint density at radius 1 is 1.53 bits per heavy atom. The summed E-state index contributed by atoms with van der Waals surface area (Å²) in [5, 5.41) is 9.75. The van der Waals surface area contributed by atoms with Gasteiger partial charge in [0, 0.05) is 25.2 Å². The van der Waals surface area contributed by atoms with Crippen molar-refractivity contribution in [1.29, 1.82) is 0 Å². The quantitative estimate of drug-likeness (QED) is 0.923. The molecule has 0 saturated carbocycles. The Bertz CT molecular complexity index is 458. The second-order valence-electron chi connectivity index (χ2n) is 4.84. The van der Waals surface area contributed by atoms with E-state index in [9.17, 15) is 9.90 Å². The van der Waals surface area contributed by atoms with Gasteiger partial charge in [-0.15, -0.1) is 0 Å². The molecule has 1 heterocycles. The van der Waals surface area contributed by atoms with Gasteiger partial charge in [-0.1, -0.05) is 11.6 Å². The zero-order valence-corrected chi connectivity index (χ0v) is 11.7. The van der Waals surface area contributed by atoms with Crippen LogP contribution in [0.1, 0.15) is 29.6 Å². The van der Waals surface area contributed by atoms with E-state index < -0.39 is 5.97 Å². The van der Waals surface area contributed by atoms with Crippen molar-refractivity contribution in [3.63, 3.8) is 0 Å². The molecule has 1 aromatic rings. The van der Waals surface area contributed by atoms with Crippen molar-refractivity contribution < 1.29 is 14.6 Å². The number of carboxylic acids is 1. The standard InChI is InChI=1S/C14H18ClNO3/c1-16(9-11-4-2-3-7-19-11)13-8-10(15)5-6-12(13)14(17)18/h5-6,8,11H,2-4,7,9H2,1H3,(H,17,18). The van der Waals surface area contributed by atoms with Crippen LogP contribution >= 0.6 is 11.6 Å². The molecular weight excluding hydrogens is 266 g/mol. The molecule has 1 aromatic carbocycles. The molecule has 1 fully saturated rings. The van der Waals surface area contributed by atoms with Gasteiger partial charge in [-0.05, 0) is 37.5 Å². The van der Waals surface area contributed by atoms with E-state index >= 15 is 0 Å². The molecule has 19 heavy (non-hydrogen) atoms. The number of ether oxygens (including phenoxy) is 1. The Balaban J connectivity index is 2.14. The van der Waals surface area contributed by atoms with Gasteiger partial charge < -0.3 is 14.7 Å². The molecule has 1 N–H and O–H groups in total. The van der Waals surface area contributed by atoms with Gasteiger partial charge >= 0.3 is 5.97 Å². The Morgan fingerprint density at radius 2 is 2.32 bits per heavy atom. The summed E-state index contributed by atoms with van der Waals surface area (Å²) >= 11 is 5.96. The second-order valence-corrected chi connectivity index (χ2v) is 5.27. The average Bonchev–Trinajstić information content (AvgIpc) is 2.39. The van der Waals surface area contributed by atoms with Gasteiger partial charge in [0.05, 0.1) is 17.4 Å². The second kappa shape index (κ2) is 6.26. The highest BCUT2D eigenvalue weighted by Crippen LogP contribution is 2.25. The number of anilines is 1. The molecule has 4 nitrogen and oxygen atoms in total. The summed E-state index contributed by atoms with van der Waals surface area (Å²) in [6, 6.07) is 4.82. The van der Waals surface area contributed by atoms with E-state index in [1.54, 1.807) is 12.1 Å². The molecule has 1 atom stereocenters. The largest absolute Gasteiger partial charge is 0.478 e. The normalized spacial score (nSPS) is 19.2. The number of benzene rings is 1. The molecule has 1 unspecified atom stereocenters. The van der Waals surface area contributed by atoms with Gasteiger partial charge in [0.2, 0.25) is 0 Å². The molecule has 2 rings (SSSR count). The highest BCUT2D eigenvalue weighted by Gasteiger charge is 2.19. The van der Waals surface area contributed by atoms with Crippen LogP contribution in [0.15, 0.2) is 18.2 Å². The van der Waals surface area contributed by atoms with E-state index in [2.05, 4.69) is 0 Å². The topological polar surface area (TPSA) is 49.8 Å². The summed E-state index contributed by atoms with van der Waals surface area (Å²) in [6.07, 6.45) is 3.46. The zero-order valence-electron chi connectivity index (χ0n) is 10.9. The summed E-state index contributed by atoms with van der Waals surface area (Å²) in [4.78, 5) is 13.1. The number of rotatable bonds is 4. The van der Waals surface area contributed by atoms with Gasteiger partial charge in [-0.25, -0.2) is 4.79 Å². The lowest BCUT2D eigenvalue weighted by molar-refractivity contribution is 0.0215. The molecule has 0 spiro atoms. The molecule has 0 bridgehead atoms. The van der Waals surface area contributed by atoms with Crippen LogP contribution in [0, 0.1) is 0 Å². The first-order valence-electron chi connectivity index (χ1n) is 6.43. The van der Waals surface area contributed by atoms with Gasteiger partial charge in [-0.3, -0.25) is 0 Å². The predicted octanol–water partition coefficient (Wildman–Crippen LogP) is 3.04. The van der Waals surface area contributed by atoms with E-state index in [0.717, 1.165) is 19.4 Å². The molecule has 0 radical (unpaired) electrons. The monoisotopic (exact) mass is 283 g/mol. The maximum atomic E-state index is 11.2. The summed E-state index contributed by atoms with van der Waals surface area (Å²) in [5.41, 5.74) is 0.900. The number of hydrogen-bond donors (Lipinski definition) is 1. The van der Waals surface area contributed by atoms with Crippen molar-refractivity contribution in [2.24, 2.45) is 0 Å². The van der Waals surface area contributed by atoms with Crippen LogP contribution in [-0.4, -0.2) is 37.4 Å². The number of aromatic carboxylic acids is 1. The molecule has 104 valence electrons. The van der Waals surface area contributed by atoms with Crippen LogP contribution in [-0.2, 0) is 4.74 Å². The van der Waals surface area contributed by atoms with Crippen molar-refractivity contribution >= 4 is 23.3 Å². The minimum absolute atomic E-state index is 0.166. The first-order valence-corrected chi connectivity index (χ1v) is 6.81. The maximum Gasteiger partial charge on any atom is 0.337 e. The van der Waals surface area contributed by atoms with Crippen molar-refractivity contribution in [2.45, 2.75) is 25.4 Å². The lowest BCUT2D eigenvalue weighted by Gasteiger charge is -2.29. The van der Waals surface area contributed by atoms with E-state index in [1.807, 2.05) is 11.9 Å². The third-order valence-electron chi connectivity index (χ3n) is 3.35. The van der Waals surface area contributed by atoms with Crippen LogP contribution < -0.4 is 4.90 Å². The Labute approximate surface area is 117 Å². The molecule has 1 aliphatic rings. The fraction of sp³-hybridized carbons (Fsp3) is 0.500. The van der Waals surface area contributed by atoms with E-state index in [-0.39, 0.29) is 11.7 Å². The molecule has 5 heteroatoms. The Morgan fingerprint density at radius 3 is 2.95 bits per heavy atom. The van der Waals surface area contributed by atoms with E-state index in [1.165, 1.54) is 12.5 Å². The highest BCUT2D eigenvalue weighted by molar-refractivity contribution is 6.31. The van der Waals surface area contributed by atoms with Crippen LogP contribution in [0.25, 0.3) is 0 Å². The fourth-order valence-electron chi connectivity index (χ4n) is 2.36. The van der Waals surface area contributed by atoms with Crippen LogP contribution in [0.4, 0.5) is 5.69 Å². The van der Waals surface area contributed by atoms with Gasteiger partial charge in [0.1, 0.15) is 0 Å². The lowest BCUT2D eigenvalue weighted by atomic mass is 10.1. The smallest absolute Gasteiger partial charge is 0.337 e. The van der Waals surface area contributed by atoms with Crippen molar-refractivity contribution in [3.05, 3.63) is 28.8 Å². The highest BCUT2D eigenvalue weighted by atomic mass is 35.5. The Hall–Kier alpha value is -1.26. The SMILES string of the molecule is CN(CC1CCCCO1)c1cc(Cl)ccc1C(=O)O. The first kappa shape index (κ1) is 14.2. The zero-order chi connectivity index (χ0) is 13.8. The van der Waals surface area contributed by atoms with E-state index in [4.69, 9.17) is 16.3 Å². The molecule has 0 aliphatic carbocycles. The minimum Gasteiger partial charge on any atom is -0.478 e. The molecule has 1 saturated heterocycles. The summed E-state index contributed by atoms with van der Waals surface area (Å²) in [5.74, 6) is -0.942.